The molecule has 2 bridgehead atoms. The number of rotatable bonds is 4. The Morgan fingerprint density at radius 3 is 2.75 bits per heavy atom. The lowest BCUT2D eigenvalue weighted by Gasteiger charge is -2.40. The molecule has 0 aromatic heterocycles. The summed E-state index contributed by atoms with van der Waals surface area (Å²) in [7, 11) is 2.17. The van der Waals surface area contributed by atoms with Crippen LogP contribution < -0.4 is 5.73 Å². The summed E-state index contributed by atoms with van der Waals surface area (Å²) in [6.45, 7) is 1.14. The molecular formula is C16H28N2O2. The molecule has 0 aliphatic heterocycles. The third kappa shape index (κ3) is 2.60. The number of hydrogen-bond donors (Lipinski definition) is 2. The Morgan fingerprint density at radius 2 is 2.15 bits per heavy atom. The first-order chi connectivity index (χ1) is 9.48. The van der Waals surface area contributed by atoms with E-state index in [1.54, 1.807) is 0 Å². The maximum atomic E-state index is 11.3. The van der Waals surface area contributed by atoms with Crippen molar-refractivity contribution in [2.75, 3.05) is 13.6 Å². The largest absolute Gasteiger partial charge is 0.480 e. The van der Waals surface area contributed by atoms with Gasteiger partial charge >= 0.3 is 5.97 Å². The topological polar surface area (TPSA) is 66.6 Å². The molecule has 0 radical (unpaired) electrons. The highest BCUT2D eigenvalue weighted by molar-refractivity contribution is 5.78. The molecule has 3 saturated carbocycles. The van der Waals surface area contributed by atoms with E-state index in [1.807, 2.05) is 0 Å². The van der Waals surface area contributed by atoms with Crippen LogP contribution in [0.25, 0.3) is 0 Å². The molecule has 3 N–H and O–H groups in total. The van der Waals surface area contributed by atoms with Crippen molar-refractivity contribution in [1.29, 1.82) is 0 Å². The van der Waals surface area contributed by atoms with Gasteiger partial charge in [0.05, 0.1) is 0 Å². The highest BCUT2D eigenvalue weighted by Crippen LogP contribution is 2.48. The number of carbonyl (C=O) groups is 1. The maximum absolute atomic E-state index is 11.3. The molecule has 3 aliphatic rings. The highest BCUT2D eigenvalue weighted by atomic mass is 16.4. The Kier molecular flexibility index (Phi) is 3.80. The van der Waals surface area contributed by atoms with E-state index in [4.69, 9.17) is 5.73 Å². The second kappa shape index (κ2) is 5.30. The molecule has 20 heavy (non-hydrogen) atoms. The lowest BCUT2D eigenvalue weighted by atomic mass is 9.78. The van der Waals surface area contributed by atoms with Crippen LogP contribution in [0.5, 0.6) is 0 Å². The second-order valence-corrected chi connectivity index (χ2v) is 7.59. The molecule has 5 atom stereocenters. The summed E-state index contributed by atoms with van der Waals surface area (Å²) in [6, 6.07) is 0.351. The summed E-state index contributed by atoms with van der Waals surface area (Å²) in [5, 5.41) is 9.32. The van der Waals surface area contributed by atoms with Gasteiger partial charge in [-0.05, 0) is 69.7 Å². The van der Waals surface area contributed by atoms with Gasteiger partial charge in [-0.3, -0.25) is 4.79 Å². The smallest absolute Gasteiger partial charge is 0.323 e. The van der Waals surface area contributed by atoms with Crippen molar-refractivity contribution in [2.45, 2.75) is 62.9 Å². The summed E-state index contributed by atoms with van der Waals surface area (Å²) in [5.74, 6) is 1.94. The third-order valence-corrected chi connectivity index (χ3v) is 6.22. The van der Waals surface area contributed by atoms with Crippen LogP contribution in [-0.4, -0.2) is 41.1 Å². The molecule has 0 saturated heterocycles. The van der Waals surface area contributed by atoms with Gasteiger partial charge in [0.2, 0.25) is 0 Å². The lowest BCUT2D eigenvalue weighted by Crippen LogP contribution is -2.55. The van der Waals surface area contributed by atoms with Crippen molar-refractivity contribution < 1.29 is 9.90 Å². The monoisotopic (exact) mass is 280 g/mol. The van der Waals surface area contributed by atoms with Gasteiger partial charge in [0.15, 0.2) is 0 Å². The van der Waals surface area contributed by atoms with E-state index in [9.17, 15) is 9.90 Å². The molecule has 0 aromatic carbocycles. The predicted molar refractivity (Wildman–Crippen MR) is 78.4 cm³/mol. The third-order valence-electron chi connectivity index (χ3n) is 6.22. The van der Waals surface area contributed by atoms with Gasteiger partial charge in [0.1, 0.15) is 5.54 Å². The SMILES string of the molecule is CN(CC1CC2CCC1C2)C1CCCC(N)(C(=O)O)C1. The van der Waals surface area contributed by atoms with Crippen molar-refractivity contribution in [3.63, 3.8) is 0 Å². The van der Waals surface area contributed by atoms with Crippen LogP contribution in [0, 0.1) is 17.8 Å². The minimum absolute atomic E-state index is 0.351. The van der Waals surface area contributed by atoms with Crippen LogP contribution in [0.15, 0.2) is 0 Å². The van der Waals surface area contributed by atoms with Crippen LogP contribution in [0.2, 0.25) is 0 Å². The molecule has 3 aliphatic carbocycles. The number of nitrogens with zero attached hydrogens (tertiary/aromatic N) is 1. The molecule has 114 valence electrons. The van der Waals surface area contributed by atoms with E-state index >= 15 is 0 Å². The van der Waals surface area contributed by atoms with E-state index in [2.05, 4.69) is 11.9 Å². The van der Waals surface area contributed by atoms with Crippen molar-refractivity contribution in [3.05, 3.63) is 0 Å². The number of hydrogen-bond acceptors (Lipinski definition) is 3. The Labute approximate surface area is 121 Å². The van der Waals surface area contributed by atoms with Crippen molar-refractivity contribution >= 4 is 5.97 Å². The first-order valence-corrected chi connectivity index (χ1v) is 8.20. The molecule has 0 amide bonds. The minimum Gasteiger partial charge on any atom is -0.480 e. The summed E-state index contributed by atoms with van der Waals surface area (Å²) in [5.41, 5.74) is 5.08. The zero-order chi connectivity index (χ0) is 14.3. The van der Waals surface area contributed by atoms with E-state index in [1.165, 1.54) is 25.7 Å². The van der Waals surface area contributed by atoms with Crippen LogP contribution in [0.3, 0.4) is 0 Å². The van der Waals surface area contributed by atoms with Gasteiger partial charge in [-0.1, -0.05) is 6.42 Å². The fraction of sp³-hybridized carbons (Fsp3) is 0.938. The zero-order valence-corrected chi connectivity index (χ0v) is 12.6. The number of carboxylic acid groups (broad SMARTS) is 1. The first-order valence-electron chi connectivity index (χ1n) is 8.20. The summed E-state index contributed by atoms with van der Waals surface area (Å²) < 4.78 is 0. The summed E-state index contributed by atoms with van der Waals surface area (Å²) in [4.78, 5) is 13.8. The molecule has 4 heteroatoms. The normalized spacial score (nSPS) is 44.1. The van der Waals surface area contributed by atoms with E-state index < -0.39 is 11.5 Å². The van der Waals surface area contributed by atoms with Crippen LogP contribution >= 0.6 is 0 Å². The Morgan fingerprint density at radius 1 is 1.35 bits per heavy atom. The first kappa shape index (κ1) is 14.3. The Bertz CT molecular complexity index is 387. The zero-order valence-electron chi connectivity index (χ0n) is 12.6. The highest BCUT2D eigenvalue weighted by Gasteiger charge is 2.43. The van der Waals surface area contributed by atoms with Crippen LogP contribution in [-0.2, 0) is 4.79 Å². The quantitative estimate of drug-likeness (QED) is 0.827. The molecule has 0 aromatic rings. The van der Waals surface area contributed by atoms with Gasteiger partial charge in [-0.2, -0.15) is 0 Å². The number of aliphatic carboxylic acids is 1. The second-order valence-electron chi connectivity index (χ2n) is 7.59. The van der Waals surface area contributed by atoms with Gasteiger partial charge in [-0.25, -0.2) is 0 Å². The fourth-order valence-corrected chi connectivity index (χ4v) is 4.97. The van der Waals surface area contributed by atoms with Gasteiger partial charge < -0.3 is 15.7 Å². The van der Waals surface area contributed by atoms with E-state index in [0.717, 1.165) is 37.1 Å². The summed E-state index contributed by atoms with van der Waals surface area (Å²) >= 11 is 0. The molecule has 3 rings (SSSR count). The van der Waals surface area contributed by atoms with Gasteiger partial charge in [0.25, 0.3) is 0 Å². The van der Waals surface area contributed by atoms with E-state index in [-0.39, 0.29) is 0 Å². The Balaban J connectivity index is 1.57. The van der Waals surface area contributed by atoms with Gasteiger partial charge in [-0.15, -0.1) is 0 Å². The maximum Gasteiger partial charge on any atom is 0.323 e. The van der Waals surface area contributed by atoms with Crippen LogP contribution in [0.4, 0.5) is 0 Å². The molecule has 4 nitrogen and oxygen atoms in total. The lowest BCUT2D eigenvalue weighted by molar-refractivity contribution is -0.145. The van der Waals surface area contributed by atoms with Crippen molar-refractivity contribution in [3.8, 4) is 0 Å². The number of nitrogens with two attached hydrogens (primary N) is 1. The molecule has 0 heterocycles. The van der Waals surface area contributed by atoms with Crippen molar-refractivity contribution in [2.24, 2.45) is 23.5 Å². The average molecular weight is 280 g/mol. The minimum atomic E-state index is -0.994. The number of fused-ring (bicyclic) bond motifs is 2. The van der Waals surface area contributed by atoms with Crippen LogP contribution in [0.1, 0.15) is 51.4 Å². The number of carboxylic acids is 1. The molecule has 0 spiro atoms. The fourth-order valence-electron chi connectivity index (χ4n) is 4.97. The van der Waals surface area contributed by atoms with Crippen molar-refractivity contribution in [1.82, 2.24) is 4.90 Å². The molecule has 3 fully saturated rings. The van der Waals surface area contributed by atoms with Gasteiger partial charge in [0, 0.05) is 12.6 Å². The molecular weight excluding hydrogens is 252 g/mol. The Hall–Kier alpha value is -0.610. The van der Waals surface area contributed by atoms with E-state index in [0.29, 0.717) is 18.9 Å². The summed E-state index contributed by atoms with van der Waals surface area (Å²) in [6.07, 6.45) is 8.98. The molecule has 5 unspecified atom stereocenters. The standard InChI is InChI=1S/C16H28N2O2/c1-18(10-13-8-11-4-5-12(13)7-11)14-3-2-6-16(17,9-14)15(19)20/h11-14H,2-10,17H2,1H3,(H,19,20). The predicted octanol–water partition coefficient (Wildman–Crippen LogP) is 2.08. The average Bonchev–Trinajstić information content (AvgIpc) is 3.01.